The van der Waals surface area contributed by atoms with Crippen molar-refractivity contribution in [2.75, 3.05) is 13.6 Å². The highest BCUT2D eigenvalue weighted by Crippen LogP contribution is 2.50. The molecule has 0 N–H and O–H groups in total. The standard InChI is InChI=1S/C37H30O10.4CH4/c1-5-33(38)44-21-42-25-11-7-23(8-12-25)35(40)46-27-15-17-29-30-18-16-28(20-32(30)37(3,4)31(29)19-27)47-36(41)24-9-13-26(14-10-24)43-22-45-34(39)6-2;;;;/h5-20H,1-2,21-22H2,3-4H3;4*1H4. The minimum atomic E-state index is -0.604. The zero-order valence-corrected chi connectivity index (χ0v) is 25.6. The van der Waals surface area contributed by atoms with Gasteiger partial charge in [0.1, 0.15) is 23.0 Å². The summed E-state index contributed by atoms with van der Waals surface area (Å²) >= 11 is 0. The molecule has 1 aliphatic carbocycles. The summed E-state index contributed by atoms with van der Waals surface area (Å²) in [5, 5.41) is 0. The lowest BCUT2D eigenvalue weighted by Gasteiger charge is -2.22. The molecule has 0 unspecified atom stereocenters. The third kappa shape index (κ3) is 9.95. The van der Waals surface area contributed by atoms with Gasteiger partial charge in [-0.25, -0.2) is 19.2 Å². The van der Waals surface area contributed by atoms with Crippen LogP contribution < -0.4 is 18.9 Å². The summed E-state index contributed by atoms with van der Waals surface area (Å²) in [4.78, 5) is 48.1. The predicted molar refractivity (Wildman–Crippen MR) is 197 cm³/mol. The van der Waals surface area contributed by atoms with Crippen molar-refractivity contribution < 1.29 is 47.6 Å². The van der Waals surface area contributed by atoms with E-state index in [2.05, 4.69) is 13.2 Å². The summed E-state index contributed by atoms with van der Waals surface area (Å²) < 4.78 is 31.6. The number of hydrogen-bond acceptors (Lipinski definition) is 10. The van der Waals surface area contributed by atoms with Crippen LogP contribution in [0.1, 0.15) is 75.4 Å². The first-order chi connectivity index (χ1) is 22.6. The lowest BCUT2D eigenvalue weighted by atomic mass is 9.82. The zero-order valence-electron chi connectivity index (χ0n) is 25.6. The third-order valence-electron chi connectivity index (χ3n) is 7.41. The number of carbonyl (C=O) groups excluding carboxylic acids is 4. The van der Waals surface area contributed by atoms with Gasteiger partial charge >= 0.3 is 23.9 Å². The summed E-state index contributed by atoms with van der Waals surface area (Å²) in [7, 11) is 0. The fourth-order valence-electron chi connectivity index (χ4n) is 4.96. The summed E-state index contributed by atoms with van der Waals surface area (Å²) in [5.74, 6) is -0.725. The van der Waals surface area contributed by atoms with Crippen LogP contribution in [0, 0.1) is 0 Å². The Morgan fingerprint density at radius 1 is 0.549 bits per heavy atom. The Hall–Kier alpha value is -6.16. The first-order valence-corrected chi connectivity index (χ1v) is 14.4. The molecule has 0 atom stereocenters. The Morgan fingerprint density at radius 3 is 1.22 bits per heavy atom. The van der Waals surface area contributed by atoms with Gasteiger partial charge in [-0.15, -0.1) is 0 Å². The van der Waals surface area contributed by atoms with Crippen molar-refractivity contribution in [1.82, 2.24) is 0 Å². The van der Waals surface area contributed by atoms with Crippen molar-refractivity contribution in [1.29, 1.82) is 0 Å². The molecule has 270 valence electrons. The number of rotatable bonds is 12. The highest BCUT2D eigenvalue weighted by molar-refractivity contribution is 5.92. The first kappa shape index (κ1) is 42.9. The van der Waals surface area contributed by atoms with E-state index in [0.29, 0.717) is 34.1 Å². The molecule has 51 heavy (non-hydrogen) atoms. The number of benzene rings is 4. The maximum atomic E-state index is 12.9. The summed E-state index contributed by atoms with van der Waals surface area (Å²) in [5.41, 5.74) is 4.00. The fraction of sp³-hybridized carbons (Fsp3) is 0.220. The minimum Gasteiger partial charge on any atom is -0.457 e. The molecule has 0 heterocycles. The Balaban J connectivity index is 0.00000325. The van der Waals surface area contributed by atoms with E-state index in [1.54, 1.807) is 60.7 Å². The molecule has 10 nitrogen and oxygen atoms in total. The van der Waals surface area contributed by atoms with E-state index in [4.69, 9.17) is 28.4 Å². The largest absolute Gasteiger partial charge is 0.457 e. The van der Waals surface area contributed by atoms with E-state index < -0.39 is 29.3 Å². The van der Waals surface area contributed by atoms with Gasteiger partial charge in [-0.05, 0) is 95.1 Å². The average molecular weight is 699 g/mol. The Kier molecular flexibility index (Phi) is 15.6. The Bertz CT molecular complexity index is 1720. The predicted octanol–water partition coefficient (Wildman–Crippen LogP) is 9.11. The molecule has 5 rings (SSSR count). The number of ether oxygens (including phenoxy) is 6. The molecule has 4 aromatic rings. The molecular formula is C41H46O10. The summed E-state index contributed by atoms with van der Waals surface area (Å²) in [6, 6.07) is 23.4. The van der Waals surface area contributed by atoms with Crippen molar-refractivity contribution in [3.63, 3.8) is 0 Å². The van der Waals surface area contributed by atoms with Crippen LogP contribution in [0.15, 0.2) is 110 Å². The molecule has 1 aliphatic rings. The van der Waals surface area contributed by atoms with Crippen LogP contribution >= 0.6 is 0 Å². The number of esters is 4. The normalized spacial score (nSPS) is 11.1. The SMILES string of the molecule is C.C.C.C.C=CC(=O)OCOc1ccc(C(=O)Oc2ccc3c(c2)C(C)(C)c2cc(OC(=O)c4ccc(OCOC(=O)C=C)cc4)ccc2-3)cc1. The Morgan fingerprint density at radius 2 is 0.882 bits per heavy atom. The van der Waals surface area contributed by atoms with Crippen molar-refractivity contribution in [3.8, 4) is 34.1 Å². The molecule has 0 aromatic heterocycles. The smallest absolute Gasteiger partial charge is 0.343 e. The summed E-state index contributed by atoms with van der Waals surface area (Å²) in [6.45, 7) is 10.2. The Labute approximate surface area is 300 Å². The van der Waals surface area contributed by atoms with Crippen molar-refractivity contribution in [3.05, 3.63) is 132 Å². The molecule has 0 aliphatic heterocycles. The molecule has 0 fully saturated rings. The maximum Gasteiger partial charge on any atom is 0.343 e. The van der Waals surface area contributed by atoms with Crippen LogP contribution in [0.5, 0.6) is 23.0 Å². The lowest BCUT2D eigenvalue weighted by molar-refractivity contribution is -0.145. The van der Waals surface area contributed by atoms with E-state index in [9.17, 15) is 19.2 Å². The first-order valence-electron chi connectivity index (χ1n) is 14.4. The van der Waals surface area contributed by atoms with Crippen LogP contribution in [0.2, 0.25) is 0 Å². The van der Waals surface area contributed by atoms with Gasteiger partial charge < -0.3 is 28.4 Å². The molecule has 0 radical (unpaired) electrons. The molecule has 0 saturated heterocycles. The second-order valence-corrected chi connectivity index (χ2v) is 10.7. The van der Waals surface area contributed by atoms with E-state index in [1.807, 2.05) is 38.1 Å². The van der Waals surface area contributed by atoms with E-state index in [-0.39, 0.29) is 43.3 Å². The van der Waals surface area contributed by atoms with Crippen molar-refractivity contribution >= 4 is 23.9 Å². The second-order valence-electron chi connectivity index (χ2n) is 10.7. The van der Waals surface area contributed by atoms with Crippen LogP contribution in [-0.4, -0.2) is 37.5 Å². The van der Waals surface area contributed by atoms with Gasteiger partial charge in [0.25, 0.3) is 0 Å². The van der Waals surface area contributed by atoms with Gasteiger partial charge in [-0.2, -0.15) is 0 Å². The van der Waals surface area contributed by atoms with Gasteiger partial charge in [-0.1, -0.05) is 68.8 Å². The van der Waals surface area contributed by atoms with E-state index in [0.717, 1.165) is 34.4 Å². The average Bonchev–Trinajstić information content (AvgIpc) is 3.30. The van der Waals surface area contributed by atoms with E-state index >= 15 is 0 Å². The van der Waals surface area contributed by atoms with E-state index in [1.165, 1.54) is 0 Å². The van der Waals surface area contributed by atoms with Crippen LogP contribution in [0.25, 0.3) is 11.1 Å². The molecule has 0 bridgehead atoms. The van der Waals surface area contributed by atoms with Gasteiger partial charge in [0, 0.05) is 17.6 Å². The lowest BCUT2D eigenvalue weighted by Crippen LogP contribution is -2.16. The molecule has 4 aromatic carbocycles. The number of carbonyl (C=O) groups is 4. The molecule has 0 spiro atoms. The highest BCUT2D eigenvalue weighted by atomic mass is 16.7. The fourth-order valence-corrected chi connectivity index (χ4v) is 4.96. The molecular weight excluding hydrogens is 652 g/mol. The third-order valence-corrected chi connectivity index (χ3v) is 7.41. The maximum absolute atomic E-state index is 12.9. The van der Waals surface area contributed by atoms with Crippen LogP contribution in [-0.2, 0) is 24.5 Å². The second kappa shape index (κ2) is 18.6. The topological polar surface area (TPSA) is 124 Å². The van der Waals surface area contributed by atoms with Gasteiger partial charge in [-0.3, -0.25) is 0 Å². The highest BCUT2D eigenvalue weighted by Gasteiger charge is 2.36. The van der Waals surface area contributed by atoms with Crippen molar-refractivity contribution in [2.24, 2.45) is 0 Å². The van der Waals surface area contributed by atoms with Gasteiger partial charge in [0.05, 0.1) is 11.1 Å². The minimum absolute atomic E-state index is 0. The zero-order chi connectivity index (χ0) is 33.6. The monoisotopic (exact) mass is 698 g/mol. The summed E-state index contributed by atoms with van der Waals surface area (Å²) in [6.07, 6.45) is 2.07. The molecule has 10 heteroatoms. The van der Waals surface area contributed by atoms with Crippen LogP contribution in [0.3, 0.4) is 0 Å². The van der Waals surface area contributed by atoms with Gasteiger partial charge in [0.15, 0.2) is 0 Å². The quantitative estimate of drug-likeness (QED) is 0.0612. The molecule has 0 amide bonds. The number of hydrogen-bond donors (Lipinski definition) is 0. The van der Waals surface area contributed by atoms with Gasteiger partial charge in [0.2, 0.25) is 13.6 Å². The number of fused-ring (bicyclic) bond motifs is 3. The molecule has 0 saturated carbocycles. The van der Waals surface area contributed by atoms with Crippen LogP contribution in [0.4, 0.5) is 0 Å². The van der Waals surface area contributed by atoms with Crippen molar-refractivity contribution in [2.45, 2.75) is 49.0 Å².